The van der Waals surface area contributed by atoms with E-state index in [1.807, 2.05) is 42.5 Å². The first kappa shape index (κ1) is 19.5. The third-order valence-corrected chi connectivity index (χ3v) is 5.56. The van der Waals surface area contributed by atoms with Crippen LogP contribution < -0.4 is 15.6 Å². The molecule has 2 heterocycles. The quantitative estimate of drug-likeness (QED) is 0.708. The summed E-state index contributed by atoms with van der Waals surface area (Å²) in [4.78, 5) is 12.7. The molecule has 5 heteroatoms. The molecule has 1 N–H and O–H groups in total. The highest BCUT2D eigenvalue weighted by Gasteiger charge is 2.23. The first-order valence-corrected chi connectivity index (χ1v) is 9.73. The van der Waals surface area contributed by atoms with E-state index in [4.69, 9.17) is 4.74 Å². The van der Waals surface area contributed by atoms with Crippen molar-refractivity contribution in [2.45, 2.75) is 19.4 Å². The van der Waals surface area contributed by atoms with E-state index in [1.54, 1.807) is 16.8 Å². The molecule has 0 saturated heterocycles. The fourth-order valence-electron chi connectivity index (χ4n) is 4.11. The van der Waals surface area contributed by atoms with Gasteiger partial charge in [-0.2, -0.15) is 0 Å². The maximum absolute atomic E-state index is 12.7. The van der Waals surface area contributed by atoms with Crippen LogP contribution in [-0.2, 0) is 13.0 Å². The summed E-state index contributed by atoms with van der Waals surface area (Å²) in [6.45, 7) is 2.46. The average Bonchev–Trinajstić information content (AvgIpc) is 3.11. The van der Waals surface area contributed by atoms with E-state index < -0.39 is 0 Å². The summed E-state index contributed by atoms with van der Waals surface area (Å²) < 4.78 is 7.47. The lowest BCUT2D eigenvalue weighted by Gasteiger charge is -2.16. The lowest BCUT2D eigenvalue weighted by atomic mass is 10.00. The highest BCUT2D eigenvalue weighted by molar-refractivity contribution is 5.85. The fraction of sp³-hybridized carbons (Fsp3) is 0.208. The summed E-state index contributed by atoms with van der Waals surface area (Å²) in [5.74, 6) is 0.592. The number of pyridine rings is 1. The molecule has 0 spiro atoms. The number of benzene rings is 2. The molecule has 148 valence electrons. The molecule has 2 aromatic carbocycles. The van der Waals surface area contributed by atoms with E-state index in [1.165, 1.54) is 22.3 Å². The van der Waals surface area contributed by atoms with E-state index in [-0.39, 0.29) is 18.0 Å². The van der Waals surface area contributed by atoms with Crippen molar-refractivity contribution in [2.24, 2.45) is 0 Å². The zero-order valence-electron chi connectivity index (χ0n) is 16.1. The maximum atomic E-state index is 12.7. The Morgan fingerprint density at radius 3 is 2.72 bits per heavy atom. The minimum atomic E-state index is -0.0805. The van der Waals surface area contributed by atoms with Gasteiger partial charge < -0.3 is 10.1 Å². The van der Waals surface area contributed by atoms with Crippen LogP contribution in [0.2, 0.25) is 0 Å². The summed E-state index contributed by atoms with van der Waals surface area (Å²) in [6.07, 6.45) is 3.89. The Hall–Kier alpha value is -2.82. The van der Waals surface area contributed by atoms with Crippen LogP contribution in [-0.4, -0.2) is 17.7 Å². The van der Waals surface area contributed by atoms with Gasteiger partial charge in [-0.15, -0.1) is 12.4 Å². The van der Waals surface area contributed by atoms with Gasteiger partial charge in [0.25, 0.3) is 5.56 Å². The van der Waals surface area contributed by atoms with E-state index in [0.717, 1.165) is 37.2 Å². The number of fused-ring (bicyclic) bond motifs is 2. The lowest BCUT2D eigenvalue weighted by Crippen LogP contribution is -2.23. The van der Waals surface area contributed by atoms with Gasteiger partial charge in [0.1, 0.15) is 12.4 Å². The van der Waals surface area contributed by atoms with Crippen molar-refractivity contribution in [3.8, 4) is 11.4 Å². The van der Waals surface area contributed by atoms with Crippen LogP contribution in [0.1, 0.15) is 23.1 Å². The van der Waals surface area contributed by atoms with Gasteiger partial charge in [-0.25, -0.2) is 0 Å². The van der Waals surface area contributed by atoms with Crippen LogP contribution in [0.25, 0.3) is 11.3 Å². The van der Waals surface area contributed by atoms with Crippen LogP contribution in [0.3, 0.4) is 0 Å². The van der Waals surface area contributed by atoms with E-state index >= 15 is 0 Å². The lowest BCUT2D eigenvalue weighted by molar-refractivity contribution is 0.305. The standard InChI is InChI=1S/C24H22N2O2.ClH/c27-24-14-21(28-16-17-4-2-1-3-5-17)9-11-26(24)20-7-6-18-12-19-15-25-10-8-22(19)23(18)13-20;/h1-7,9,11,13-14,25H,8,10,12,15-16H2;1H. The van der Waals surface area contributed by atoms with Crippen molar-refractivity contribution < 1.29 is 4.74 Å². The molecule has 1 aliphatic carbocycles. The van der Waals surface area contributed by atoms with Crippen LogP contribution in [0, 0.1) is 0 Å². The number of aromatic nitrogens is 1. The highest BCUT2D eigenvalue weighted by Crippen LogP contribution is 2.37. The number of rotatable bonds is 4. The number of hydrogen-bond donors (Lipinski definition) is 1. The Labute approximate surface area is 176 Å². The van der Waals surface area contributed by atoms with Gasteiger partial charge in [-0.3, -0.25) is 9.36 Å². The predicted octanol–water partition coefficient (Wildman–Crippen LogP) is 4.14. The number of halogens is 1. The second-order valence-electron chi connectivity index (χ2n) is 7.37. The van der Waals surface area contributed by atoms with Gasteiger partial charge in [0.05, 0.1) is 0 Å². The van der Waals surface area contributed by atoms with Crippen LogP contribution in [0.15, 0.2) is 77.2 Å². The molecular formula is C24H23ClN2O2. The Balaban J connectivity index is 0.00000205. The first-order chi connectivity index (χ1) is 13.8. The first-order valence-electron chi connectivity index (χ1n) is 9.73. The molecule has 0 fully saturated rings. The Kier molecular flexibility index (Phi) is 5.56. The van der Waals surface area contributed by atoms with Crippen LogP contribution in [0.5, 0.6) is 5.75 Å². The van der Waals surface area contributed by atoms with Gasteiger partial charge in [0.15, 0.2) is 0 Å². The molecule has 0 atom stereocenters. The van der Waals surface area contributed by atoms with Crippen molar-refractivity contribution in [3.63, 3.8) is 0 Å². The van der Waals surface area contributed by atoms with E-state index in [2.05, 4.69) is 17.4 Å². The molecule has 1 aliphatic heterocycles. The SMILES string of the molecule is Cl.O=c1cc(OCc2ccccc2)ccn1-c1ccc2c(c1)C1=C(CNCC1)C2. The monoisotopic (exact) mass is 406 g/mol. The minimum absolute atomic E-state index is 0. The van der Waals surface area contributed by atoms with E-state index in [0.29, 0.717) is 12.4 Å². The van der Waals surface area contributed by atoms with Gasteiger partial charge in [-0.1, -0.05) is 36.4 Å². The van der Waals surface area contributed by atoms with Gasteiger partial charge in [0.2, 0.25) is 0 Å². The summed E-state index contributed by atoms with van der Waals surface area (Å²) >= 11 is 0. The molecule has 0 unspecified atom stereocenters. The van der Waals surface area contributed by atoms with Gasteiger partial charge in [-0.05, 0) is 65.4 Å². The average molecular weight is 407 g/mol. The summed E-state index contributed by atoms with van der Waals surface area (Å²) in [7, 11) is 0. The Bertz CT molecular complexity index is 1120. The smallest absolute Gasteiger partial charge is 0.258 e. The second-order valence-corrected chi connectivity index (χ2v) is 7.37. The van der Waals surface area contributed by atoms with Crippen molar-refractivity contribution >= 4 is 18.0 Å². The summed E-state index contributed by atoms with van der Waals surface area (Å²) in [5.41, 5.74) is 7.55. The molecule has 5 rings (SSSR count). The molecule has 0 amide bonds. The summed E-state index contributed by atoms with van der Waals surface area (Å²) in [6, 6.07) is 19.7. The number of hydrogen-bond acceptors (Lipinski definition) is 3. The molecular weight excluding hydrogens is 384 g/mol. The third-order valence-electron chi connectivity index (χ3n) is 5.56. The fourth-order valence-corrected chi connectivity index (χ4v) is 4.11. The van der Waals surface area contributed by atoms with Gasteiger partial charge >= 0.3 is 0 Å². The molecule has 4 nitrogen and oxygen atoms in total. The second kappa shape index (κ2) is 8.27. The Morgan fingerprint density at radius 1 is 1.03 bits per heavy atom. The van der Waals surface area contributed by atoms with Crippen LogP contribution >= 0.6 is 12.4 Å². The maximum Gasteiger partial charge on any atom is 0.258 e. The molecule has 0 radical (unpaired) electrons. The van der Waals surface area contributed by atoms with Crippen molar-refractivity contribution in [3.05, 3.63) is 99.5 Å². The topological polar surface area (TPSA) is 43.3 Å². The minimum Gasteiger partial charge on any atom is -0.489 e. The Morgan fingerprint density at radius 2 is 1.90 bits per heavy atom. The molecule has 1 aromatic heterocycles. The molecule has 0 saturated carbocycles. The number of nitrogens with one attached hydrogen (secondary N) is 1. The van der Waals surface area contributed by atoms with Crippen molar-refractivity contribution in [1.82, 2.24) is 9.88 Å². The van der Waals surface area contributed by atoms with Gasteiger partial charge in [0, 0.05) is 24.5 Å². The van der Waals surface area contributed by atoms with Crippen LogP contribution in [0.4, 0.5) is 0 Å². The summed E-state index contributed by atoms with van der Waals surface area (Å²) in [5, 5.41) is 3.45. The van der Waals surface area contributed by atoms with E-state index in [9.17, 15) is 4.79 Å². The molecule has 2 aliphatic rings. The molecule has 3 aromatic rings. The third kappa shape index (κ3) is 3.86. The zero-order chi connectivity index (χ0) is 18.9. The highest BCUT2D eigenvalue weighted by atomic mass is 35.5. The van der Waals surface area contributed by atoms with Crippen molar-refractivity contribution in [1.29, 1.82) is 0 Å². The normalized spacial score (nSPS) is 14.8. The van der Waals surface area contributed by atoms with Crippen molar-refractivity contribution in [2.75, 3.05) is 13.1 Å². The predicted molar refractivity (Wildman–Crippen MR) is 118 cm³/mol. The number of nitrogens with zero attached hydrogens (tertiary/aromatic N) is 1. The zero-order valence-corrected chi connectivity index (χ0v) is 16.9. The molecule has 0 bridgehead atoms. The molecule has 29 heavy (non-hydrogen) atoms. The largest absolute Gasteiger partial charge is 0.489 e. The number of ether oxygens (including phenoxy) is 1.